The number of phenols is 1. The Morgan fingerprint density at radius 1 is 1.54 bits per heavy atom. The monoisotopic (exact) mass is 177 g/mol. The maximum Gasteiger partial charge on any atom is 0.339 e. The molecule has 4 heteroatoms. The topological polar surface area (TPSA) is 81.3 Å². The smallest absolute Gasteiger partial charge is 0.339 e. The Bertz CT molecular complexity index is 404. The molecule has 0 aliphatic carbocycles. The van der Waals surface area contributed by atoms with Crippen LogP contribution in [0.2, 0.25) is 0 Å². The van der Waals surface area contributed by atoms with Gasteiger partial charge in [0.2, 0.25) is 0 Å². The molecular weight excluding hydrogens is 170 g/mol. The third kappa shape index (κ3) is 1.44. The fourth-order valence-corrected chi connectivity index (χ4v) is 1.09. The Labute approximate surface area is 74.7 Å². The molecule has 0 saturated carbocycles. The van der Waals surface area contributed by atoms with Gasteiger partial charge < -0.3 is 10.2 Å². The highest BCUT2D eigenvalue weighted by molar-refractivity contribution is 5.93. The van der Waals surface area contributed by atoms with Crippen molar-refractivity contribution in [1.82, 2.24) is 0 Å². The number of carbonyl (C=O) groups is 1. The Hall–Kier alpha value is -2.02. The lowest BCUT2D eigenvalue weighted by molar-refractivity contribution is 0.0693. The molecule has 13 heavy (non-hydrogen) atoms. The molecule has 0 heterocycles. The van der Waals surface area contributed by atoms with Gasteiger partial charge in [-0.25, -0.2) is 4.79 Å². The Kier molecular flexibility index (Phi) is 2.20. The minimum atomic E-state index is -1.23. The van der Waals surface area contributed by atoms with Crippen LogP contribution in [0, 0.1) is 18.3 Å². The van der Waals surface area contributed by atoms with Gasteiger partial charge in [0.25, 0.3) is 0 Å². The van der Waals surface area contributed by atoms with Gasteiger partial charge in [0.1, 0.15) is 11.3 Å². The van der Waals surface area contributed by atoms with Crippen LogP contribution < -0.4 is 0 Å². The summed E-state index contributed by atoms with van der Waals surface area (Å²) in [5, 5.41) is 26.5. The molecule has 0 spiro atoms. The molecule has 1 aromatic carbocycles. The molecule has 0 aliphatic rings. The van der Waals surface area contributed by atoms with E-state index in [0.717, 1.165) is 0 Å². The number of nitrogens with zero attached hydrogens (tertiary/aromatic N) is 1. The quantitative estimate of drug-likeness (QED) is 0.676. The predicted molar refractivity (Wildman–Crippen MR) is 44.5 cm³/mol. The summed E-state index contributed by atoms with van der Waals surface area (Å²) < 4.78 is 0. The van der Waals surface area contributed by atoms with Crippen molar-refractivity contribution >= 4 is 5.97 Å². The molecule has 1 rings (SSSR count). The summed E-state index contributed by atoms with van der Waals surface area (Å²) in [4.78, 5) is 10.6. The van der Waals surface area contributed by atoms with Crippen molar-refractivity contribution in [1.29, 1.82) is 5.26 Å². The first-order valence-electron chi connectivity index (χ1n) is 3.54. The van der Waals surface area contributed by atoms with Crippen molar-refractivity contribution in [3.8, 4) is 11.8 Å². The molecule has 2 N–H and O–H groups in total. The number of aromatic carboxylic acids is 1. The molecule has 0 radical (unpaired) electrons. The summed E-state index contributed by atoms with van der Waals surface area (Å²) >= 11 is 0. The highest BCUT2D eigenvalue weighted by Crippen LogP contribution is 2.23. The van der Waals surface area contributed by atoms with Gasteiger partial charge in [0, 0.05) is 0 Å². The van der Waals surface area contributed by atoms with Gasteiger partial charge in [0.05, 0.1) is 11.6 Å². The van der Waals surface area contributed by atoms with Crippen LogP contribution in [0.5, 0.6) is 5.75 Å². The van der Waals surface area contributed by atoms with Crippen LogP contribution in [0.15, 0.2) is 12.1 Å². The lowest BCUT2D eigenvalue weighted by atomic mass is 10.0. The van der Waals surface area contributed by atoms with Crippen molar-refractivity contribution in [2.24, 2.45) is 0 Å². The van der Waals surface area contributed by atoms with Crippen LogP contribution in [-0.4, -0.2) is 16.2 Å². The van der Waals surface area contributed by atoms with Crippen LogP contribution in [0.4, 0.5) is 0 Å². The van der Waals surface area contributed by atoms with Crippen LogP contribution in [-0.2, 0) is 0 Å². The van der Waals surface area contributed by atoms with Crippen molar-refractivity contribution in [3.63, 3.8) is 0 Å². The van der Waals surface area contributed by atoms with E-state index < -0.39 is 5.97 Å². The molecule has 66 valence electrons. The first kappa shape index (κ1) is 9.07. The van der Waals surface area contributed by atoms with Gasteiger partial charge in [-0.2, -0.15) is 5.26 Å². The van der Waals surface area contributed by atoms with Gasteiger partial charge in [-0.3, -0.25) is 0 Å². The van der Waals surface area contributed by atoms with Crippen molar-refractivity contribution in [2.75, 3.05) is 0 Å². The summed E-state index contributed by atoms with van der Waals surface area (Å²) in [5.74, 6) is -1.55. The van der Waals surface area contributed by atoms with Crippen molar-refractivity contribution < 1.29 is 15.0 Å². The van der Waals surface area contributed by atoms with Gasteiger partial charge >= 0.3 is 5.97 Å². The van der Waals surface area contributed by atoms with Crippen LogP contribution >= 0.6 is 0 Å². The van der Waals surface area contributed by atoms with E-state index in [1.807, 2.05) is 6.07 Å². The summed E-state index contributed by atoms with van der Waals surface area (Å²) in [6, 6.07) is 4.43. The fraction of sp³-hybridized carbons (Fsp3) is 0.111. The zero-order chi connectivity index (χ0) is 10.0. The first-order chi connectivity index (χ1) is 6.07. The number of benzene rings is 1. The number of nitriles is 1. The molecule has 0 aliphatic heterocycles. The number of hydrogen-bond acceptors (Lipinski definition) is 3. The normalized spacial score (nSPS) is 9.23. The standard InChI is InChI=1S/C9H7NO3/c1-5-6(4-10)2-3-7(11)8(5)9(12)13/h2-3,11H,1H3,(H,12,13). The molecule has 0 amide bonds. The van der Waals surface area contributed by atoms with Gasteiger partial charge in [-0.05, 0) is 24.6 Å². The van der Waals surface area contributed by atoms with Gasteiger partial charge in [-0.15, -0.1) is 0 Å². The van der Waals surface area contributed by atoms with Crippen LogP contribution in [0.25, 0.3) is 0 Å². The third-order valence-corrected chi connectivity index (χ3v) is 1.78. The highest BCUT2D eigenvalue weighted by atomic mass is 16.4. The molecule has 4 nitrogen and oxygen atoms in total. The molecule has 0 aromatic heterocycles. The highest BCUT2D eigenvalue weighted by Gasteiger charge is 2.15. The second-order valence-electron chi connectivity index (χ2n) is 2.55. The average molecular weight is 177 g/mol. The Balaban J connectivity index is 3.50. The molecule has 0 atom stereocenters. The van der Waals surface area contributed by atoms with Crippen LogP contribution in [0.3, 0.4) is 0 Å². The van der Waals surface area contributed by atoms with Gasteiger partial charge in [0.15, 0.2) is 0 Å². The lowest BCUT2D eigenvalue weighted by Gasteiger charge is -2.04. The maximum absolute atomic E-state index is 10.6. The fourth-order valence-electron chi connectivity index (χ4n) is 1.09. The first-order valence-corrected chi connectivity index (χ1v) is 3.54. The lowest BCUT2D eigenvalue weighted by Crippen LogP contribution is -2.01. The van der Waals surface area contributed by atoms with E-state index in [-0.39, 0.29) is 22.4 Å². The van der Waals surface area contributed by atoms with E-state index >= 15 is 0 Å². The number of carboxylic acids is 1. The van der Waals surface area contributed by atoms with E-state index in [0.29, 0.717) is 0 Å². The minimum Gasteiger partial charge on any atom is -0.507 e. The largest absolute Gasteiger partial charge is 0.507 e. The predicted octanol–water partition coefficient (Wildman–Crippen LogP) is 1.27. The zero-order valence-electron chi connectivity index (χ0n) is 6.90. The average Bonchev–Trinajstić information content (AvgIpc) is 2.04. The third-order valence-electron chi connectivity index (χ3n) is 1.78. The molecule has 0 bridgehead atoms. The SMILES string of the molecule is Cc1c(C#N)ccc(O)c1C(=O)O. The van der Waals surface area contributed by atoms with Crippen molar-refractivity contribution in [2.45, 2.75) is 6.92 Å². The Morgan fingerprint density at radius 3 is 2.62 bits per heavy atom. The molecule has 0 saturated heterocycles. The molecular formula is C9H7NO3. The number of carboxylic acid groups (broad SMARTS) is 1. The van der Waals surface area contributed by atoms with E-state index in [2.05, 4.69) is 0 Å². The zero-order valence-corrected chi connectivity index (χ0v) is 6.90. The molecule has 0 unspecified atom stereocenters. The second-order valence-corrected chi connectivity index (χ2v) is 2.55. The molecule has 0 fully saturated rings. The molecule has 1 aromatic rings. The number of aromatic hydroxyl groups is 1. The Morgan fingerprint density at radius 2 is 2.15 bits per heavy atom. The van der Waals surface area contributed by atoms with E-state index in [1.165, 1.54) is 19.1 Å². The summed E-state index contributed by atoms with van der Waals surface area (Å²) in [6.45, 7) is 1.49. The number of hydrogen-bond donors (Lipinski definition) is 2. The van der Waals surface area contributed by atoms with E-state index in [9.17, 15) is 9.90 Å². The van der Waals surface area contributed by atoms with Gasteiger partial charge in [-0.1, -0.05) is 0 Å². The number of rotatable bonds is 1. The summed E-state index contributed by atoms with van der Waals surface area (Å²) in [5.41, 5.74) is 0.337. The van der Waals surface area contributed by atoms with Crippen molar-refractivity contribution in [3.05, 3.63) is 28.8 Å². The van der Waals surface area contributed by atoms with Crippen LogP contribution in [0.1, 0.15) is 21.5 Å². The van der Waals surface area contributed by atoms with E-state index in [1.54, 1.807) is 0 Å². The maximum atomic E-state index is 10.6. The van der Waals surface area contributed by atoms with E-state index in [4.69, 9.17) is 10.4 Å². The summed E-state index contributed by atoms with van der Waals surface area (Å²) in [6.07, 6.45) is 0. The second kappa shape index (κ2) is 3.15. The minimum absolute atomic E-state index is 0.209. The summed E-state index contributed by atoms with van der Waals surface area (Å²) in [7, 11) is 0.